The Bertz CT molecular complexity index is 1390. The molecule has 1 N–H and O–H groups in total. The third-order valence-corrected chi connectivity index (χ3v) is 7.98. The molecule has 202 valence electrons. The third kappa shape index (κ3) is 6.77. The summed E-state index contributed by atoms with van der Waals surface area (Å²) in [5, 5.41) is 2.81. The fraction of sp³-hybridized carbons (Fsp3) is 0.310. The van der Waals surface area contributed by atoms with Gasteiger partial charge in [-0.3, -0.25) is 13.9 Å². The zero-order chi connectivity index (χ0) is 28.0. The number of amides is 2. The summed E-state index contributed by atoms with van der Waals surface area (Å²) in [7, 11) is -4.32. The summed E-state index contributed by atoms with van der Waals surface area (Å²) < 4.78 is 43.2. The number of hydrogen-bond donors (Lipinski definition) is 1. The van der Waals surface area contributed by atoms with Crippen molar-refractivity contribution < 1.29 is 22.4 Å². The SMILES string of the molecule is Cc1ccc(S(=O)(=O)N(CC(=O)N(Cc2ccccc2C)[C@@H](C)C(=O)NC(C)C)c2ccccc2F)cc1. The van der Waals surface area contributed by atoms with E-state index in [9.17, 15) is 22.4 Å². The number of anilines is 1. The van der Waals surface area contributed by atoms with Crippen molar-refractivity contribution >= 4 is 27.5 Å². The lowest BCUT2D eigenvalue weighted by Crippen LogP contribution is -2.52. The van der Waals surface area contributed by atoms with Gasteiger partial charge in [0.2, 0.25) is 11.8 Å². The molecule has 0 heterocycles. The van der Waals surface area contributed by atoms with Gasteiger partial charge >= 0.3 is 0 Å². The summed E-state index contributed by atoms with van der Waals surface area (Å²) in [5.41, 5.74) is 2.33. The highest BCUT2D eigenvalue weighted by atomic mass is 32.2. The van der Waals surface area contributed by atoms with E-state index in [1.54, 1.807) is 19.1 Å². The van der Waals surface area contributed by atoms with E-state index in [0.717, 1.165) is 27.1 Å². The van der Waals surface area contributed by atoms with Crippen LogP contribution in [0.5, 0.6) is 0 Å². The Balaban J connectivity index is 2.06. The topological polar surface area (TPSA) is 86.8 Å². The van der Waals surface area contributed by atoms with Gasteiger partial charge in [-0.25, -0.2) is 12.8 Å². The summed E-state index contributed by atoms with van der Waals surface area (Å²) in [6.45, 7) is 8.32. The molecule has 1 atom stereocenters. The van der Waals surface area contributed by atoms with Crippen LogP contribution >= 0.6 is 0 Å². The second-order valence-electron chi connectivity index (χ2n) is 9.56. The number of aryl methyl sites for hydroxylation is 2. The molecule has 0 fully saturated rings. The van der Waals surface area contributed by atoms with Crippen molar-refractivity contribution in [3.05, 3.63) is 95.3 Å². The first-order valence-electron chi connectivity index (χ1n) is 12.4. The molecule has 2 amide bonds. The van der Waals surface area contributed by atoms with Gasteiger partial charge in [0.1, 0.15) is 18.4 Å². The van der Waals surface area contributed by atoms with Crippen molar-refractivity contribution in [2.45, 2.75) is 58.1 Å². The first-order valence-corrected chi connectivity index (χ1v) is 13.8. The molecule has 0 aliphatic heterocycles. The number of para-hydroxylation sites is 1. The van der Waals surface area contributed by atoms with Crippen LogP contribution in [-0.2, 0) is 26.2 Å². The molecule has 3 aromatic rings. The largest absolute Gasteiger partial charge is 0.352 e. The van der Waals surface area contributed by atoms with E-state index in [1.165, 1.54) is 35.2 Å². The normalized spacial score (nSPS) is 12.2. The van der Waals surface area contributed by atoms with Crippen LogP contribution in [0.1, 0.15) is 37.5 Å². The van der Waals surface area contributed by atoms with Gasteiger partial charge in [0.05, 0.1) is 10.6 Å². The summed E-state index contributed by atoms with van der Waals surface area (Å²) in [5.74, 6) is -1.80. The second kappa shape index (κ2) is 12.2. The number of rotatable bonds is 10. The van der Waals surface area contributed by atoms with Crippen LogP contribution in [0.4, 0.5) is 10.1 Å². The van der Waals surface area contributed by atoms with E-state index in [0.29, 0.717) is 0 Å². The zero-order valence-corrected chi connectivity index (χ0v) is 23.1. The molecule has 0 aromatic heterocycles. The third-order valence-electron chi connectivity index (χ3n) is 6.21. The fourth-order valence-electron chi connectivity index (χ4n) is 3.96. The molecule has 0 saturated carbocycles. The number of nitrogens with one attached hydrogen (secondary N) is 1. The van der Waals surface area contributed by atoms with E-state index in [1.807, 2.05) is 52.0 Å². The first-order chi connectivity index (χ1) is 17.9. The van der Waals surface area contributed by atoms with Crippen LogP contribution < -0.4 is 9.62 Å². The summed E-state index contributed by atoms with van der Waals surface area (Å²) in [6, 6.07) is 17.9. The maximum absolute atomic E-state index is 14.9. The van der Waals surface area contributed by atoms with Gasteiger partial charge in [-0.1, -0.05) is 54.1 Å². The highest BCUT2D eigenvalue weighted by Crippen LogP contribution is 2.27. The Labute approximate surface area is 224 Å². The maximum atomic E-state index is 14.9. The van der Waals surface area contributed by atoms with E-state index in [-0.39, 0.29) is 29.1 Å². The van der Waals surface area contributed by atoms with E-state index in [2.05, 4.69) is 5.32 Å². The van der Waals surface area contributed by atoms with E-state index >= 15 is 0 Å². The van der Waals surface area contributed by atoms with Gasteiger partial charge in [0.15, 0.2) is 0 Å². The van der Waals surface area contributed by atoms with E-state index < -0.39 is 34.3 Å². The van der Waals surface area contributed by atoms with Crippen LogP contribution in [0.3, 0.4) is 0 Å². The van der Waals surface area contributed by atoms with Crippen molar-refractivity contribution in [3.63, 3.8) is 0 Å². The minimum Gasteiger partial charge on any atom is -0.352 e. The van der Waals surface area contributed by atoms with Crippen molar-refractivity contribution in [2.24, 2.45) is 0 Å². The zero-order valence-electron chi connectivity index (χ0n) is 22.3. The Kier molecular flexibility index (Phi) is 9.27. The molecular weight excluding hydrogens is 505 g/mol. The highest BCUT2D eigenvalue weighted by molar-refractivity contribution is 7.92. The Hall–Kier alpha value is -3.72. The molecule has 3 aromatic carbocycles. The standard InChI is InChI=1S/C29H34FN3O4S/c1-20(2)31-29(35)23(5)32(18-24-11-7-6-10-22(24)4)28(34)19-33(27-13-9-8-12-26(27)30)38(36,37)25-16-14-21(3)15-17-25/h6-17,20,23H,18-19H2,1-5H3,(H,31,35)/t23-/m0/s1. The number of nitrogens with zero attached hydrogens (tertiary/aromatic N) is 2. The van der Waals surface area contributed by atoms with Gasteiger partial charge in [-0.2, -0.15) is 0 Å². The lowest BCUT2D eigenvalue weighted by atomic mass is 10.1. The molecule has 0 aliphatic carbocycles. The predicted octanol–water partition coefficient (Wildman–Crippen LogP) is 4.58. The molecule has 7 nitrogen and oxygen atoms in total. The summed E-state index contributed by atoms with van der Waals surface area (Å²) in [6.07, 6.45) is 0. The van der Waals surface area contributed by atoms with Crippen molar-refractivity contribution in [2.75, 3.05) is 10.8 Å². The fourth-order valence-corrected chi connectivity index (χ4v) is 5.39. The quantitative estimate of drug-likeness (QED) is 0.409. The number of halogens is 1. The minimum atomic E-state index is -4.32. The number of sulfonamides is 1. The molecule has 0 saturated heterocycles. The predicted molar refractivity (Wildman–Crippen MR) is 147 cm³/mol. The molecular formula is C29H34FN3O4S. The lowest BCUT2D eigenvalue weighted by molar-refractivity contribution is -0.139. The molecule has 3 rings (SSSR count). The smallest absolute Gasteiger partial charge is 0.264 e. The number of benzene rings is 3. The van der Waals surface area contributed by atoms with Crippen LogP contribution in [0.2, 0.25) is 0 Å². The van der Waals surface area contributed by atoms with Gasteiger partial charge in [0.25, 0.3) is 10.0 Å². The Morgan fingerprint density at radius 3 is 2.11 bits per heavy atom. The number of hydrogen-bond acceptors (Lipinski definition) is 4. The number of carbonyl (C=O) groups is 2. The summed E-state index contributed by atoms with van der Waals surface area (Å²) >= 11 is 0. The van der Waals surface area contributed by atoms with Crippen LogP contribution in [-0.4, -0.2) is 43.8 Å². The van der Waals surface area contributed by atoms with Gasteiger partial charge in [0, 0.05) is 12.6 Å². The molecule has 0 aliphatic rings. The Morgan fingerprint density at radius 1 is 0.895 bits per heavy atom. The molecule has 0 radical (unpaired) electrons. The minimum absolute atomic E-state index is 0.0739. The number of carbonyl (C=O) groups excluding carboxylic acids is 2. The second-order valence-corrected chi connectivity index (χ2v) is 11.4. The molecule has 0 spiro atoms. The molecule has 38 heavy (non-hydrogen) atoms. The molecule has 9 heteroatoms. The van der Waals surface area contributed by atoms with Gasteiger partial charge in [-0.15, -0.1) is 0 Å². The molecule has 0 bridgehead atoms. The average molecular weight is 540 g/mol. The lowest BCUT2D eigenvalue weighted by Gasteiger charge is -2.32. The average Bonchev–Trinajstić information content (AvgIpc) is 2.86. The van der Waals surface area contributed by atoms with Crippen molar-refractivity contribution in [3.8, 4) is 0 Å². The molecule has 0 unspecified atom stereocenters. The van der Waals surface area contributed by atoms with Gasteiger partial charge < -0.3 is 10.2 Å². The highest BCUT2D eigenvalue weighted by Gasteiger charge is 2.33. The maximum Gasteiger partial charge on any atom is 0.264 e. The van der Waals surface area contributed by atoms with Gasteiger partial charge in [-0.05, 0) is 70.0 Å². The first kappa shape index (κ1) is 28.8. The van der Waals surface area contributed by atoms with Crippen molar-refractivity contribution in [1.29, 1.82) is 0 Å². The van der Waals surface area contributed by atoms with Crippen LogP contribution in [0.25, 0.3) is 0 Å². The van der Waals surface area contributed by atoms with Crippen LogP contribution in [0.15, 0.2) is 77.7 Å². The Morgan fingerprint density at radius 2 is 1.50 bits per heavy atom. The van der Waals surface area contributed by atoms with Crippen molar-refractivity contribution in [1.82, 2.24) is 10.2 Å². The summed E-state index contributed by atoms with van der Waals surface area (Å²) in [4.78, 5) is 28.0. The monoisotopic (exact) mass is 539 g/mol. The van der Waals surface area contributed by atoms with Crippen LogP contribution in [0, 0.1) is 19.7 Å². The van der Waals surface area contributed by atoms with E-state index in [4.69, 9.17) is 0 Å².